The molecular weight excluding hydrogens is 494 g/mol. The predicted molar refractivity (Wildman–Crippen MR) is 137 cm³/mol. The summed E-state index contributed by atoms with van der Waals surface area (Å²) in [5.41, 5.74) is 6.14. The summed E-state index contributed by atoms with van der Waals surface area (Å²) in [6.45, 7) is 7.17. The van der Waals surface area contributed by atoms with Gasteiger partial charge in [0.1, 0.15) is 0 Å². The topological polar surface area (TPSA) is 152 Å². The van der Waals surface area contributed by atoms with Crippen molar-refractivity contribution in [1.82, 2.24) is 10.3 Å². The lowest BCUT2D eigenvalue weighted by Crippen LogP contribution is -2.39. The molecule has 0 radical (unpaired) electrons. The van der Waals surface area contributed by atoms with Crippen LogP contribution in [0, 0.1) is 0 Å². The van der Waals surface area contributed by atoms with Gasteiger partial charge in [-0.2, -0.15) is 11.8 Å². The van der Waals surface area contributed by atoms with Gasteiger partial charge in [-0.3, -0.25) is 4.98 Å². The summed E-state index contributed by atoms with van der Waals surface area (Å²) in [6, 6.07) is 8.46. The second-order valence-corrected chi connectivity index (χ2v) is 10.2. The summed E-state index contributed by atoms with van der Waals surface area (Å²) in [6.07, 6.45) is -0.475. The number of halogens is 1. The van der Waals surface area contributed by atoms with E-state index in [4.69, 9.17) is 32.0 Å². The van der Waals surface area contributed by atoms with Crippen molar-refractivity contribution in [2.75, 3.05) is 18.4 Å². The molecule has 2 atom stereocenters. The van der Waals surface area contributed by atoms with Gasteiger partial charge in [0.05, 0.1) is 22.9 Å². The minimum absolute atomic E-state index is 0.645. The minimum Gasteiger partial charge on any atom is -0.479 e. The number of carboxylic acid groups (broad SMARTS) is 2. The molecule has 2 heterocycles. The van der Waals surface area contributed by atoms with E-state index in [0.29, 0.717) is 11.8 Å². The van der Waals surface area contributed by atoms with Crippen LogP contribution in [0.5, 0.6) is 0 Å². The van der Waals surface area contributed by atoms with Crippen molar-refractivity contribution in [3.8, 4) is 0 Å². The number of hydrogen-bond acceptors (Lipinski definition) is 8. The molecule has 9 nitrogen and oxygen atoms in total. The number of nitrogens with zero attached hydrogens (tertiary/aromatic N) is 1. The maximum Gasteiger partial charge on any atom is 0.335 e. The molecule has 6 N–H and O–H groups in total. The van der Waals surface area contributed by atoms with Crippen molar-refractivity contribution in [3.63, 3.8) is 0 Å². The Morgan fingerprint density at radius 3 is 2.31 bits per heavy atom. The molecule has 0 fully saturated rings. The molecule has 0 amide bonds. The van der Waals surface area contributed by atoms with Gasteiger partial charge in [-0.15, -0.1) is 0 Å². The van der Waals surface area contributed by atoms with E-state index in [9.17, 15) is 9.59 Å². The first-order valence-corrected chi connectivity index (χ1v) is 12.6. The van der Waals surface area contributed by atoms with Crippen LogP contribution in [0.1, 0.15) is 36.2 Å². The normalized spacial score (nSPS) is 14.7. The number of aliphatic hydroxyl groups is 2. The van der Waals surface area contributed by atoms with E-state index in [1.807, 2.05) is 24.0 Å². The number of hydrogen-bond donors (Lipinski definition) is 6. The van der Waals surface area contributed by atoms with Crippen molar-refractivity contribution < 1.29 is 30.0 Å². The van der Waals surface area contributed by atoms with E-state index in [1.165, 1.54) is 16.7 Å². The minimum atomic E-state index is -2.27. The first-order valence-electron chi connectivity index (χ1n) is 11.2. The summed E-state index contributed by atoms with van der Waals surface area (Å²) in [5.74, 6) is -2.52. The van der Waals surface area contributed by atoms with E-state index in [1.54, 1.807) is 0 Å². The van der Waals surface area contributed by atoms with Crippen LogP contribution in [0.2, 0.25) is 5.02 Å². The van der Waals surface area contributed by atoms with Gasteiger partial charge in [0.15, 0.2) is 12.2 Å². The van der Waals surface area contributed by atoms with Gasteiger partial charge in [0.2, 0.25) is 0 Å². The number of aromatic nitrogens is 1. The number of aliphatic carboxylic acids is 2. The molecule has 3 rings (SSSR count). The van der Waals surface area contributed by atoms with Crippen LogP contribution >= 0.6 is 23.4 Å². The van der Waals surface area contributed by atoms with Gasteiger partial charge in [0.25, 0.3) is 0 Å². The van der Waals surface area contributed by atoms with Crippen molar-refractivity contribution in [3.05, 3.63) is 57.9 Å². The third-order valence-corrected chi connectivity index (χ3v) is 6.68. The molecule has 1 aromatic carbocycles. The quantitative estimate of drug-likeness (QED) is 0.288. The fourth-order valence-electron chi connectivity index (χ4n) is 3.29. The standard InChI is InChI=1S/C20H26ClN3S.C4H6O6/c1-14(2)25-13-15-3-5-17(23-11-15)12-24-20-18-8-10-22-9-7-16(18)4-6-19(20)21;5-1(3(7)8)2(6)4(9)10/h3-6,11,14,22,24H,7-10,12-13H2,1-2H3;1-2,5-6H,(H,7,8)(H,9,10)/t;1-,2-/m.1/s1. The van der Waals surface area contributed by atoms with Gasteiger partial charge < -0.3 is 31.1 Å². The molecule has 0 bridgehead atoms. The first-order chi connectivity index (χ1) is 16.6. The SMILES string of the molecule is CC(C)SCc1ccc(CNc2c(Cl)ccc3c2CCNCC3)nc1.O=C(O)[C@H](O)[C@@H](O)C(=O)O. The summed E-state index contributed by atoms with van der Waals surface area (Å²) < 4.78 is 0. The third kappa shape index (κ3) is 9.30. The lowest BCUT2D eigenvalue weighted by atomic mass is 10.0. The van der Waals surface area contributed by atoms with Gasteiger partial charge in [-0.25, -0.2) is 9.59 Å². The fraction of sp³-hybridized carbons (Fsp3) is 0.458. The molecule has 2 aromatic rings. The molecular formula is C24H32ClN3O6S. The number of aliphatic hydroxyl groups excluding tert-OH is 2. The second kappa shape index (κ2) is 14.3. The number of carboxylic acids is 2. The molecule has 1 aliphatic heterocycles. The number of thioether (sulfide) groups is 1. The van der Waals surface area contributed by atoms with Crippen LogP contribution in [0.3, 0.4) is 0 Å². The van der Waals surface area contributed by atoms with E-state index in [2.05, 4.69) is 47.7 Å². The van der Waals surface area contributed by atoms with Crippen molar-refractivity contribution in [2.45, 2.75) is 56.4 Å². The zero-order valence-electron chi connectivity index (χ0n) is 19.7. The number of nitrogens with one attached hydrogen (secondary N) is 2. The number of rotatable bonds is 9. The smallest absolute Gasteiger partial charge is 0.335 e. The molecule has 35 heavy (non-hydrogen) atoms. The Labute approximate surface area is 213 Å². The Morgan fingerprint density at radius 1 is 1.09 bits per heavy atom. The largest absolute Gasteiger partial charge is 0.479 e. The molecule has 0 saturated heterocycles. The molecule has 1 aliphatic rings. The number of benzene rings is 1. The summed E-state index contributed by atoms with van der Waals surface area (Å²) in [7, 11) is 0. The number of carbonyl (C=O) groups is 2. The van der Waals surface area contributed by atoms with Crippen LogP contribution in [0.25, 0.3) is 0 Å². The van der Waals surface area contributed by atoms with Crippen LogP contribution in [-0.4, -0.2) is 67.9 Å². The van der Waals surface area contributed by atoms with Crippen LogP contribution < -0.4 is 10.6 Å². The van der Waals surface area contributed by atoms with E-state index >= 15 is 0 Å². The van der Waals surface area contributed by atoms with Gasteiger partial charge >= 0.3 is 11.9 Å². The highest BCUT2D eigenvalue weighted by Gasteiger charge is 2.29. The second-order valence-electron chi connectivity index (χ2n) is 8.25. The average Bonchev–Trinajstić information content (AvgIpc) is 3.07. The highest BCUT2D eigenvalue weighted by atomic mass is 35.5. The lowest BCUT2D eigenvalue weighted by molar-refractivity contribution is -0.165. The van der Waals surface area contributed by atoms with Crippen molar-refractivity contribution in [2.24, 2.45) is 0 Å². The van der Waals surface area contributed by atoms with E-state index < -0.39 is 24.1 Å². The fourth-order valence-corrected chi connectivity index (χ4v) is 4.23. The zero-order valence-corrected chi connectivity index (χ0v) is 21.3. The monoisotopic (exact) mass is 525 g/mol. The Balaban J connectivity index is 0.000000367. The average molecular weight is 526 g/mol. The third-order valence-electron chi connectivity index (χ3n) is 5.20. The number of pyridine rings is 1. The van der Waals surface area contributed by atoms with Gasteiger partial charge in [-0.1, -0.05) is 37.6 Å². The summed E-state index contributed by atoms with van der Waals surface area (Å²) >= 11 is 8.41. The van der Waals surface area contributed by atoms with Crippen molar-refractivity contribution in [1.29, 1.82) is 0 Å². The molecule has 0 aliphatic carbocycles. The maximum absolute atomic E-state index is 9.77. The highest BCUT2D eigenvalue weighted by molar-refractivity contribution is 7.99. The van der Waals surface area contributed by atoms with Crippen LogP contribution in [0.4, 0.5) is 5.69 Å². The van der Waals surface area contributed by atoms with Crippen LogP contribution in [-0.2, 0) is 34.7 Å². The summed E-state index contributed by atoms with van der Waals surface area (Å²) in [4.78, 5) is 24.1. The molecule has 192 valence electrons. The van der Waals surface area contributed by atoms with E-state index in [0.717, 1.165) is 48.1 Å². The Kier molecular flexibility index (Phi) is 11.8. The molecule has 1 aromatic heterocycles. The van der Waals surface area contributed by atoms with E-state index in [-0.39, 0.29) is 0 Å². The highest BCUT2D eigenvalue weighted by Crippen LogP contribution is 2.31. The Morgan fingerprint density at radius 2 is 1.74 bits per heavy atom. The Hall–Kier alpha value is -2.37. The lowest BCUT2D eigenvalue weighted by Gasteiger charge is -2.16. The number of anilines is 1. The van der Waals surface area contributed by atoms with Gasteiger partial charge in [0, 0.05) is 11.9 Å². The number of fused-ring (bicyclic) bond motifs is 1. The summed E-state index contributed by atoms with van der Waals surface area (Å²) in [5, 5.41) is 41.0. The Bertz CT molecular complexity index is 972. The molecule has 0 unspecified atom stereocenters. The zero-order chi connectivity index (χ0) is 26.0. The van der Waals surface area contributed by atoms with Crippen molar-refractivity contribution >= 4 is 41.0 Å². The van der Waals surface area contributed by atoms with Crippen LogP contribution in [0.15, 0.2) is 30.5 Å². The molecule has 0 saturated carbocycles. The molecule has 0 spiro atoms. The predicted octanol–water partition coefficient (Wildman–Crippen LogP) is 2.55. The van der Waals surface area contributed by atoms with Gasteiger partial charge in [-0.05, 0) is 60.0 Å². The first kappa shape index (κ1) is 28.9. The maximum atomic E-state index is 9.77. The molecule has 11 heteroatoms.